The minimum absolute atomic E-state index is 0.195. The Hall–Kier alpha value is -2.58. The third kappa shape index (κ3) is 4.45. The van der Waals surface area contributed by atoms with Crippen molar-refractivity contribution >= 4 is 40.0 Å². The van der Waals surface area contributed by atoms with Crippen LogP contribution in [0.25, 0.3) is 11.1 Å². The summed E-state index contributed by atoms with van der Waals surface area (Å²) in [6.45, 7) is 3.97. The van der Waals surface area contributed by atoms with Gasteiger partial charge in [-0.05, 0) is 19.4 Å². The second-order valence-corrected chi connectivity index (χ2v) is 8.15. The first-order valence-corrected chi connectivity index (χ1v) is 10.6. The van der Waals surface area contributed by atoms with Gasteiger partial charge in [-0.15, -0.1) is 11.3 Å². The lowest BCUT2D eigenvalue weighted by Gasteiger charge is -2.09. The zero-order valence-corrected chi connectivity index (χ0v) is 17.5. The SMILES string of the molecule is CCOC(=O)c1c(NC(=O)CSc2nccn2C)sc(C)c1-c1ccccc1. The number of imidazole rings is 1. The van der Waals surface area contributed by atoms with Crippen LogP contribution in [0.5, 0.6) is 0 Å². The van der Waals surface area contributed by atoms with E-state index in [2.05, 4.69) is 10.3 Å². The molecule has 0 aliphatic carbocycles. The first-order chi connectivity index (χ1) is 13.5. The van der Waals surface area contributed by atoms with Crippen molar-refractivity contribution in [3.8, 4) is 11.1 Å². The molecule has 0 aliphatic heterocycles. The molecule has 0 unspecified atom stereocenters. The van der Waals surface area contributed by atoms with Gasteiger partial charge in [0.1, 0.15) is 10.6 Å². The molecule has 28 heavy (non-hydrogen) atoms. The standard InChI is InChI=1S/C20H21N3O3S2/c1-4-26-19(25)17-16(14-8-6-5-7-9-14)13(2)28-18(17)22-15(24)12-27-20-21-10-11-23(20)3/h5-11H,4,12H2,1-3H3,(H,22,24). The number of aryl methyl sites for hydroxylation is 2. The maximum absolute atomic E-state index is 12.7. The molecule has 146 valence electrons. The van der Waals surface area contributed by atoms with Gasteiger partial charge < -0.3 is 14.6 Å². The monoisotopic (exact) mass is 415 g/mol. The summed E-state index contributed by atoms with van der Waals surface area (Å²) in [6, 6.07) is 9.65. The molecule has 2 heterocycles. The molecule has 1 amide bonds. The fourth-order valence-corrected chi connectivity index (χ4v) is 4.58. The number of carbonyl (C=O) groups excluding carboxylic acids is 2. The van der Waals surface area contributed by atoms with E-state index in [1.165, 1.54) is 23.1 Å². The molecule has 0 atom stereocenters. The Kier molecular flexibility index (Phi) is 6.53. The lowest BCUT2D eigenvalue weighted by Crippen LogP contribution is -2.16. The van der Waals surface area contributed by atoms with Crippen molar-refractivity contribution in [1.29, 1.82) is 0 Å². The Labute approximate surface area is 171 Å². The number of rotatable bonds is 7. The van der Waals surface area contributed by atoms with Crippen LogP contribution in [0.3, 0.4) is 0 Å². The maximum Gasteiger partial charge on any atom is 0.341 e. The van der Waals surface area contributed by atoms with Crippen molar-refractivity contribution in [2.45, 2.75) is 19.0 Å². The van der Waals surface area contributed by atoms with E-state index >= 15 is 0 Å². The molecule has 1 N–H and O–H groups in total. The molecule has 0 saturated carbocycles. The number of esters is 1. The van der Waals surface area contributed by atoms with E-state index in [0.717, 1.165) is 21.2 Å². The van der Waals surface area contributed by atoms with Gasteiger partial charge in [0.2, 0.25) is 5.91 Å². The quantitative estimate of drug-likeness (QED) is 0.458. The van der Waals surface area contributed by atoms with E-state index < -0.39 is 5.97 Å². The van der Waals surface area contributed by atoms with Crippen LogP contribution >= 0.6 is 23.1 Å². The molecule has 0 spiro atoms. The summed E-state index contributed by atoms with van der Waals surface area (Å²) in [5, 5.41) is 4.16. The smallest absolute Gasteiger partial charge is 0.341 e. The Morgan fingerprint density at radius 3 is 2.68 bits per heavy atom. The molecule has 6 nitrogen and oxygen atoms in total. The number of thiophene rings is 1. The maximum atomic E-state index is 12.7. The van der Waals surface area contributed by atoms with Crippen LogP contribution in [0.2, 0.25) is 0 Å². The number of hydrogen-bond acceptors (Lipinski definition) is 6. The predicted molar refractivity (Wildman–Crippen MR) is 113 cm³/mol. The number of anilines is 1. The molecular weight excluding hydrogens is 394 g/mol. The van der Waals surface area contributed by atoms with Gasteiger partial charge >= 0.3 is 5.97 Å². The average molecular weight is 416 g/mol. The number of hydrogen-bond donors (Lipinski definition) is 1. The first kappa shape index (κ1) is 20.2. The van der Waals surface area contributed by atoms with E-state index in [4.69, 9.17) is 4.74 Å². The summed E-state index contributed by atoms with van der Waals surface area (Å²) in [5.41, 5.74) is 2.13. The second-order valence-electron chi connectivity index (χ2n) is 5.98. The van der Waals surface area contributed by atoms with Crippen LogP contribution < -0.4 is 5.32 Å². The number of aromatic nitrogens is 2. The lowest BCUT2D eigenvalue weighted by atomic mass is 10.0. The Balaban J connectivity index is 1.86. The molecular formula is C20H21N3O3S2. The van der Waals surface area contributed by atoms with Gasteiger partial charge in [0.25, 0.3) is 0 Å². The van der Waals surface area contributed by atoms with Gasteiger partial charge in [-0.2, -0.15) is 0 Å². The Morgan fingerprint density at radius 2 is 2.04 bits per heavy atom. The number of carbonyl (C=O) groups is 2. The minimum atomic E-state index is -0.433. The molecule has 0 saturated heterocycles. The molecule has 0 radical (unpaired) electrons. The average Bonchev–Trinajstić information content (AvgIpc) is 3.23. The van der Waals surface area contributed by atoms with E-state index in [1.54, 1.807) is 13.1 Å². The van der Waals surface area contributed by atoms with Crippen molar-refractivity contribution in [2.24, 2.45) is 7.05 Å². The van der Waals surface area contributed by atoms with Crippen LogP contribution in [0, 0.1) is 6.92 Å². The zero-order valence-electron chi connectivity index (χ0n) is 15.9. The zero-order chi connectivity index (χ0) is 20.1. The van der Waals surface area contributed by atoms with Gasteiger partial charge in [0, 0.05) is 29.9 Å². The summed E-state index contributed by atoms with van der Waals surface area (Å²) in [5.74, 6) is -0.428. The third-order valence-electron chi connectivity index (χ3n) is 3.99. The predicted octanol–water partition coefficient (Wildman–Crippen LogP) is 4.36. The number of ether oxygens (including phenoxy) is 1. The summed E-state index contributed by atoms with van der Waals surface area (Å²) in [4.78, 5) is 30.3. The topological polar surface area (TPSA) is 73.2 Å². The summed E-state index contributed by atoms with van der Waals surface area (Å²) in [6.07, 6.45) is 3.52. The highest BCUT2D eigenvalue weighted by Gasteiger charge is 2.25. The number of nitrogens with one attached hydrogen (secondary N) is 1. The number of amides is 1. The van der Waals surface area contributed by atoms with Gasteiger partial charge in [-0.3, -0.25) is 4.79 Å². The summed E-state index contributed by atoms with van der Waals surface area (Å²) in [7, 11) is 1.88. The van der Waals surface area contributed by atoms with E-state index in [0.29, 0.717) is 10.6 Å². The van der Waals surface area contributed by atoms with Crippen molar-refractivity contribution in [2.75, 3.05) is 17.7 Å². The van der Waals surface area contributed by atoms with Crippen molar-refractivity contribution < 1.29 is 14.3 Å². The molecule has 2 aromatic heterocycles. The molecule has 1 aromatic carbocycles. The first-order valence-electron chi connectivity index (χ1n) is 8.77. The Bertz CT molecular complexity index is 980. The number of benzene rings is 1. The van der Waals surface area contributed by atoms with Crippen LogP contribution in [0.4, 0.5) is 5.00 Å². The Morgan fingerprint density at radius 1 is 1.29 bits per heavy atom. The third-order valence-corrected chi connectivity index (χ3v) is 6.07. The normalized spacial score (nSPS) is 10.7. The van der Waals surface area contributed by atoms with Gasteiger partial charge in [0.15, 0.2) is 5.16 Å². The fraction of sp³-hybridized carbons (Fsp3) is 0.250. The molecule has 3 rings (SSSR count). The van der Waals surface area contributed by atoms with Crippen LogP contribution in [-0.4, -0.2) is 33.8 Å². The molecule has 3 aromatic rings. The van der Waals surface area contributed by atoms with Crippen LogP contribution in [-0.2, 0) is 16.6 Å². The molecule has 0 aliphatic rings. The largest absolute Gasteiger partial charge is 0.462 e. The summed E-state index contributed by atoms with van der Waals surface area (Å²) < 4.78 is 7.11. The molecule has 8 heteroatoms. The lowest BCUT2D eigenvalue weighted by molar-refractivity contribution is -0.113. The van der Waals surface area contributed by atoms with Gasteiger partial charge in [0.05, 0.1) is 12.4 Å². The van der Waals surface area contributed by atoms with Crippen molar-refractivity contribution in [1.82, 2.24) is 9.55 Å². The number of thioether (sulfide) groups is 1. The highest BCUT2D eigenvalue weighted by molar-refractivity contribution is 7.99. The van der Waals surface area contributed by atoms with Gasteiger partial charge in [-0.1, -0.05) is 42.1 Å². The molecule has 0 fully saturated rings. The van der Waals surface area contributed by atoms with Crippen LogP contribution in [0.15, 0.2) is 47.9 Å². The van der Waals surface area contributed by atoms with Crippen LogP contribution in [0.1, 0.15) is 22.2 Å². The van der Waals surface area contributed by atoms with E-state index in [9.17, 15) is 9.59 Å². The fourth-order valence-electron chi connectivity index (χ4n) is 2.77. The highest BCUT2D eigenvalue weighted by Crippen LogP contribution is 2.40. The second kappa shape index (κ2) is 9.07. The molecule has 0 bridgehead atoms. The van der Waals surface area contributed by atoms with Crippen molar-refractivity contribution in [3.05, 3.63) is 53.2 Å². The van der Waals surface area contributed by atoms with E-state index in [1.807, 2.05) is 55.1 Å². The minimum Gasteiger partial charge on any atom is -0.462 e. The highest BCUT2D eigenvalue weighted by atomic mass is 32.2. The van der Waals surface area contributed by atoms with Crippen molar-refractivity contribution in [3.63, 3.8) is 0 Å². The number of nitrogens with zero attached hydrogens (tertiary/aromatic N) is 2. The summed E-state index contributed by atoms with van der Waals surface area (Å²) >= 11 is 2.72. The van der Waals surface area contributed by atoms with Gasteiger partial charge in [-0.25, -0.2) is 9.78 Å². The van der Waals surface area contributed by atoms with E-state index in [-0.39, 0.29) is 18.3 Å².